The van der Waals surface area contributed by atoms with Gasteiger partial charge < -0.3 is 4.74 Å². The number of hydrogen-bond donors (Lipinski definition) is 0. The van der Waals surface area contributed by atoms with Crippen molar-refractivity contribution >= 4 is 12.3 Å². The minimum absolute atomic E-state index is 0.777. The third-order valence-electron chi connectivity index (χ3n) is 2.61. The number of ether oxygens (including phenoxy) is 1. The normalized spacial score (nSPS) is 17.7. The van der Waals surface area contributed by atoms with Crippen molar-refractivity contribution in [3.63, 3.8) is 0 Å². The Labute approximate surface area is 102 Å². The first kappa shape index (κ1) is 11.9. The van der Waals surface area contributed by atoms with E-state index in [-0.39, 0.29) is 0 Å². The van der Waals surface area contributed by atoms with Crippen molar-refractivity contribution in [2.75, 3.05) is 26.3 Å². The summed E-state index contributed by atoms with van der Waals surface area (Å²) >= 11 is 0. The first-order valence-corrected chi connectivity index (χ1v) is 5.94. The molecule has 0 aliphatic carbocycles. The first-order chi connectivity index (χ1) is 8.34. The number of hydrazone groups is 1. The van der Waals surface area contributed by atoms with Crippen molar-refractivity contribution in [2.24, 2.45) is 5.10 Å². The predicted octanol–water partition coefficient (Wildman–Crippen LogP) is 2.41. The highest BCUT2D eigenvalue weighted by Gasteiger charge is 2.05. The van der Waals surface area contributed by atoms with Crippen LogP contribution in [-0.4, -0.2) is 37.5 Å². The second-order valence-corrected chi connectivity index (χ2v) is 4.11. The maximum atomic E-state index is 5.27. The van der Waals surface area contributed by atoms with Crippen LogP contribution in [0.25, 0.3) is 6.08 Å². The quantitative estimate of drug-likeness (QED) is 0.745. The molecule has 0 spiro atoms. The first-order valence-electron chi connectivity index (χ1n) is 5.94. The van der Waals surface area contributed by atoms with E-state index in [1.807, 2.05) is 29.4 Å². The molecular weight excluding hydrogens is 212 g/mol. The maximum Gasteiger partial charge on any atom is 0.0659 e. The van der Waals surface area contributed by atoms with Crippen molar-refractivity contribution in [2.45, 2.75) is 6.92 Å². The topological polar surface area (TPSA) is 24.8 Å². The number of allylic oxidation sites excluding steroid dienone is 1. The Morgan fingerprint density at radius 3 is 2.65 bits per heavy atom. The second kappa shape index (κ2) is 6.21. The summed E-state index contributed by atoms with van der Waals surface area (Å²) in [6, 6.07) is 10.3. The fraction of sp³-hybridized carbons (Fsp3) is 0.357. The van der Waals surface area contributed by atoms with Crippen LogP contribution in [0.5, 0.6) is 0 Å². The molecule has 0 radical (unpaired) electrons. The Bertz CT molecular complexity index is 392. The molecule has 90 valence electrons. The molecule has 0 bridgehead atoms. The van der Waals surface area contributed by atoms with Gasteiger partial charge in [0.05, 0.1) is 26.3 Å². The van der Waals surface area contributed by atoms with Crippen LogP contribution in [0, 0.1) is 0 Å². The summed E-state index contributed by atoms with van der Waals surface area (Å²) in [5, 5.41) is 6.49. The maximum absolute atomic E-state index is 5.27. The molecule has 1 aromatic rings. The van der Waals surface area contributed by atoms with E-state index < -0.39 is 0 Å². The van der Waals surface area contributed by atoms with E-state index in [2.05, 4.69) is 30.2 Å². The van der Waals surface area contributed by atoms with E-state index in [1.165, 1.54) is 5.56 Å². The van der Waals surface area contributed by atoms with Crippen molar-refractivity contribution in [3.8, 4) is 0 Å². The third-order valence-corrected chi connectivity index (χ3v) is 2.61. The van der Waals surface area contributed by atoms with Crippen molar-refractivity contribution in [3.05, 3.63) is 41.5 Å². The molecule has 0 saturated carbocycles. The molecule has 1 heterocycles. The summed E-state index contributed by atoms with van der Waals surface area (Å²) in [4.78, 5) is 0. The van der Waals surface area contributed by atoms with Gasteiger partial charge >= 0.3 is 0 Å². The number of hydrogen-bond acceptors (Lipinski definition) is 3. The van der Waals surface area contributed by atoms with Crippen LogP contribution in [0.2, 0.25) is 0 Å². The summed E-state index contributed by atoms with van der Waals surface area (Å²) in [5.41, 5.74) is 2.36. The van der Waals surface area contributed by atoms with Crippen LogP contribution < -0.4 is 0 Å². The highest BCUT2D eigenvalue weighted by atomic mass is 16.5. The van der Waals surface area contributed by atoms with Gasteiger partial charge in [0.25, 0.3) is 0 Å². The zero-order valence-electron chi connectivity index (χ0n) is 10.2. The van der Waals surface area contributed by atoms with Crippen LogP contribution in [-0.2, 0) is 4.74 Å². The molecule has 0 unspecified atom stereocenters. The fourth-order valence-electron chi connectivity index (χ4n) is 1.69. The van der Waals surface area contributed by atoms with Gasteiger partial charge in [-0.3, -0.25) is 5.01 Å². The third kappa shape index (κ3) is 4.04. The van der Waals surface area contributed by atoms with Gasteiger partial charge in [-0.25, -0.2) is 0 Å². The fourth-order valence-corrected chi connectivity index (χ4v) is 1.69. The van der Waals surface area contributed by atoms with Crippen molar-refractivity contribution in [1.82, 2.24) is 5.01 Å². The molecule has 3 nitrogen and oxygen atoms in total. The number of rotatable bonds is 3. The largest absolute Gasteiger partial charge is 0.378 e. The van der Waals surface area contributed by atoms with Crippen LogP contribution in [0.4, 0.5) is 0 Å². The molecule has 1 saturated heterocycles. The van der Waals surface area contributed by atoms with Gasteiger partial charge in [-0.1, -0.05) is 36.4 Å². The summed E-state index contributed by atoms with van der Waals surface area (Å²) in [6.45, 7) is 5.39. The molecule has 17 heavy (non-hydrogen) atoms. The van der Waals surface area contributed by atoms with Gasteiger partial charge in [-0.15, -0.1) is 0 Å². The van der Waals surface area contributed by atoms with E-state index >= 15 is 0 Å². The lowest BCUT2D eigenvalue weighted by Crippen LogP contribution is -2.32. The van der Waals surface area contributed by atoms with E-state index in [9.17, 15) is 0 Å². The van der Waals surface area contributed by atoms with Crippen LogP contribution >= 0.6 is 0 Å². The van der Waals surface area contributed by atoms with Gasteiger partial charge in [-0.2, -0.15) is 5.10 Å². The second-order valence-electron chi connectivity index (χ2n) is 4.11. The van der Waals surface area contributed by atoms with Crippen LogP contribution in [0.3, 0.4) is 0 Å². The average molecular weight is 230 g/mol. The lowest BCUT2D eigenvalue weighted by Gasteiger charge is -2.23. The van der Waals surface area contributed by atoms with E-state index in [0.717, 1.165) is 31.9 Å². The summed E-state index contributed by atoms with van der Waals surface area (Å²) in [7, 11) is 0. The van der Waals surface area contributed by atoms with Crippen LogP contribution in [0.1, 0.15) is 12.5 Å². The SMILES string of the molecule is CC(=C/c1ccccc1)/C=N/N1CCOCC1. The van der Waals surface area contributed by atoms with Gasteiger partial charge in [0.15, 0.2) is 0 Å². The number of benzene rings is 1. The predicted molar refractivity (Wildman–Crippen MR) is 71.0 cm³/mol. The summed E-state index contributed by atoms with van der Waals surface area (Å²) < 4.78 is 5.27. The molecule has 0 aromatic heterocycles. The molecule has 1 aliphatic heterocycles. The van der Waals surface area contributed by atoms with Crippen molar-refractivity contribution in [1.29, 1.82) is 0 Å². The Hall–Kier alpha value is -1.61. The van der Waals surface area contributed by atoms with Crippen LogP contribution in [0.15, 0.2) is 41.0 Å². The molecule has 1 aromatic carbocycles. The minimum Gasteiger partial charge on any atom is -0.378 e. The highest BCUT2D eigenvalue weighted by molar-refractivity contribution is 5.84. The van der Waals surface area contributed by atoms with E-state index in [4.69, 9.17) is 4.74 Å². The zero-order chi connectivity index (χ0) is 11.9. The lowest BCUT2D eigenvalue weighted by molar-refractivity contribution is 0.0397. The summed E-state index contributed by atoms with van der Waals surface area (Å²) in [5.74, 6) is 0. The Kier molecular flexibility index (Phi) is 4.33. The van der Waals surface area contributed by atoms with Gasteiger partial charge in [0, 0.05) is 6.21 Å². The number of morpholine rings is 1. The molecule has 0 N–H and O–H groups in total. The zero-order valence-corrected chi connectivity index (χ0v) is 10.2. The molecule has 0 amide bonds. The smallest absolute Gasteiger partial charge is 0.0659 e. The number of nitrogens with zero attached hydrogens (tertiary/aromatic N) is 2. The molecule has 3 heteroatoms. The van der Waals surface area contributed by atoms with Gasteiger partial charge in [-0.05, 0) is 18.1 Å². The van der Waals surface area contributed by atoms with E-state index in [1.54, 1.807) is 0 Å². The monoisotopic (exact) mass is 230 g/mol. The Morgan fingerprint density at radius 2 is 1.94 bits per heavy atom. The molecule has 1 aliphatic rings. The van der Waals surface area contributed by atoms with Gasteiger partial charge in [0.1, 0.15) is 0 Å². The molecule has 1 fully saturated rings. The highest BCUT2D eigenvalue weighted by Crippen LogP contribution is 2.05. The molecule has 2 rings (SSSR count). The molecule has 0 atom stereocenters. The Morgan fingerprint density at radius 1 is 1.24 bits per heavy atom. The lowest BCUT2D eigenvalue weighted by atomic mass is 10.1. The average Bonchev–Trinajstić information content (AvgIpc) is 2.39. The standard InChI is InChI=1S/C14H18N2O/c1-13(11-14-5-3-2-4-6-14)12-15-16-7-9-17-10-8-16/h2-6,11-12H,7-10H2,1H3/b13-11-,15-12+. The van der Waals surface area contributed by atoms with Crippen molar-refractivity contribution < 1.29 is 4.74 Å². The van der Waals surface area contributed by atoms with Gasteiger partial charge in [0.2, 0.25) is 0 Å². The Balaban J connectivity index is 1.93. The van der Waals surface area contributed by atoms with E-state index in [0.29, 0.717) is 0 Å². The summed E-state index contributed by atoms with van der Waals surface area (Å²) in [6.07, 6.45) is 4.04. The minimum atomic E-state index is 0.777. The molecular formula is C14H18N2O.